The van der Waals surface area contributed by atoms with Gasteiger partial charge in [0, 0.05) is 0 Å². The molecule has 0 aromatic carbocycles. The van der Waals surface area contributed by atoms with Gasteiger partial charge in [0.15, 0.2) is 0 Å². The van der Waals surface area contributed by atoms with E-state index in [-0.39, 0.29) is 33.9 Å². The fraction of sp³-hybridized carbons (Fsp3) is 0.950. The molecule has 8 fully saturated rings. The Kier molecular flexibility index (Phi) is 6.96. The molecular weight excluding hydrogens is 544 g/mol. The van der Waals surface area contributed by atoms with Gasteiger partial charge in [-0.3, -0.25) is 0 Å². The molecule has 0 unspecified atom stereocenters. The van der Waals surface area contributed by atoms with E-state index in [1.807, 2.05) is 0 Å². The quantitative estimate of drug-likeness (QED) is 0.219. The largest absolute Gasteiger partial charge is 0.393 e. The van der Waals surface area contributed by atoms with Crippen molar-refractivity contribution in [1.29, 1.82) is 0 Å². The van der Waals surface area contributed by atoms with Gasteiger partial charge < -0.3 is 20.4 Å². The summed E-state index contributed by atoms with van der Waals surface area (Å²) >= 11 is 0. The minimum absolute atomic E-state index is 0.118. The van der Waals surface area contributed by atoms with Gasteiger partial charge in [-0.2, -0.15) is 0 Å². The molecule has 0 aromatic rings. The fourth-order valence-corrected chi connectivity index (χ4v) is 14.9. The number of hydrogen-bond donors (Lipinski definition) is 4. The van der Waals surface area contributed by atoms with Crippen LogP contribution in [0.2, 0.25) is 0 Å². The highest BCUT2D eigenvalue weighted by molar-refractivity contribution is 5.26. The van der Waals surface area contributed by atoms with Crippen LogP contribution in [-0.2, 0) is 0 Å². The summed E-state index contributed by atoms with van der Waals surface area (Å²) in [5, 5.41) is 45.5. The third kappa shape index (κ3) is 4.23. The molecule has 0 spiro atoms. The second-order valence-electron chi connectivity index (χ2n) is 19.3. The minimum atomic E-state index is -0.977. The third-order valence-corrected chi connectivity index (χ3v) is 17.9. The maximum atomic E-state index is 11.9. The minimum Gasteiger partial charge on any atom is -0.393 e. The number of rotatable bonds is 0. The smallest absolute Gasteiger partial charge is 0.125 e. The molecule has 246 valence electrons. The molecule has 0 bridgehead atoms. The molecule has 8 rings (SSSR count). The molecule has 8 aliphatic carbocycles. The lowest BCUT2D eigenvalue weighted by Crippen LogP contribution is -2.56. The number of fused-ring (bicyclic) bond motifs is 10. The lowest BCUT2D eigenvalue weighted by molar-refractivity contribution is -0.145. The first kappa shape index (κ1) is 30.7. The highest BCUT2D eigenvalue weighted by Gasteiger charge is 2.63. The van der Waals surface area contributed by atoms with E-state index < -0.39 is 11.2 Å². The average molecular weight is 607 g/mol. The van der Waals surface area contributed by atoms with Crippen LogP contribution in [0.25, 0.3) is 0 Å². The number of aliphatic hydroxyl groups excluding tert-OH is 2. The Hall–Kier alpha value is -0.600. The molecule has 8 aliphatic rings. The first-order chi connectivity index (χ1) is 20.7. The molecule has 4 nitrogen and oxygen atoms in total. The summed E-state index contributed by atoms with van der Waals surface area (Å²) in [6.45, 7) is 9.79. The van der Waals surface area contributed by atoms with Crippen molar-refractivity contribution in [2.24, 2.45) is 69.0 Å². The molecule has 0 aromatic heterocycles. The van der Waals surface area contributed by atoms with Crippen molar-refractivity contribution < 1.29 is 20.4 Å². The maximum absolute atomic E-state index is 11.9. The SMILES string of the molecule is C[C@]12CC[C@@](O)(C#C[C@]3(O)CC[C@@]4(C)[C@@H](CC[C@H]5[C@H]4CC[C@]4(C)[C@@H](O)CC[C@@H]54)C3)C[C@@H]1CC[C@H]1[C@H]2CC[C@@]2(C)[C@@H]1CC[C@@H]2O. The van der Waals surface area contributed by atoms with E-state index in [0.29, 0.717) is 35.5 Å². The fourth-order valence-electron chi connectivity index (χ4n) is 14.9. The Balaban J connectivity index is 0.951. The Labute approximate surface area is 267 Å². The maximum Gasteiger partial charge on any atom is 0.125 e. The van der Waals surface area contributed by atoms with E-state index in [0.717, 1.165) is 76.0 Å². The van der Waals surface area contributed by atoms with E-state index >= 15 is 0 Å². The van der Waals surface area contributed by atoms with Crippen LogP contribution in [0, 0.1) is 80.8 Å². The molecule has 4 N–H and O–H groups in total. The Morgan fingerprint density at radius 2 is 0.818 bits per heavy atom. The number of aliphatic hydroxyl groups is 4. The first-order valence-corrected chi connectivity index (χ1v) is 19.1. The van der Waals surface area contributed by atoms with E-state index in [9.17, 15) is 20.4 Å². The second kappa shape index (κ2) is 9.96. The van der Waals surface area contributed by atoms with E-state index in [1.54, 1.807) is 0 Å². The lowest BCUT2D eigenvalue weighted by Gasteiger charge is -2.61. The van der Waals surface area contributed by atoms with Crippen LogP contribution in [0.4, 0.5) is 0 Å². The van der Waals surface area contributed by atoms with E-state index in [1.165, 1.54) is 51.4 Å². The van der Waals surface area contributed by atoms with Crippen LogP contribution >= 0.6 is 0 Å². The molecule has 16 atom stereocenters. The molecule has 44 heavy (non-hydrogen) atoms. The van der Waals surface area contributed by atoms with Crippen LogP contribution in [-0.4, -0.2) is 43.8 Å². The third-order valence-electron chi connectivity index (χ3n) is 17.9. The van der Waals surface area contributed by atoms with Crippen LogP contribution < -0.4 is 0 Å². The van der Waals surface area contributed by atoms with Gasteiger partial charge in [-0.1, -0.05) is 39.5 Å². The van der Waals surface area contributed by atoms with E-state index in [4.69, 9.17) is 0 Å². The van der Waals surface area contributed by atoms with Gasteiger partial charge in [-0.05, 0) is 185 Å². The summed E-state index contributed by atoms with van der Waals surface area (Å²) in [7, 11) is 0. The van der Waals surface area contributed by atoms with Gasteiger partial charge >= 0.3 is 0 Å². The first-order valence-electron chi connectivity index (χ1n) is 19.1. The summed E-state index contributed by atoms with van der Waals surface area (Å²) in [5.74, 6) is 12.0. The topological polar surface area (TPSA) is 80.9 Å². The summed E-state index contributed by atoms with van der Waals surface area (Å²) in [6, 6.07) is 0. The average Bonchev–Trinajstić information content (AvgIpc) is 3.47. The summed E-state index contributed by atoms with van der Waals surface area (Å²) < 4.78 is 0. The molecule has 0 saturated heterocycles. The molecular formula is C40H62O4. The Morgan fingerprint density at radius 1 is 0.432 bits per heavy atom. The summed E-state index contributed by atoms with van der Waals surface area (Å²) in [6.07, 6.45) is 18.8. The predicted octanol–water partition coefficient (Wildman–Crippen LogP) is 7.26. The van der Waals surface area contributed by atoms with Crippen molar-refractivity contribution in [2.45, 2.75) is 167 Å². The van der Waals surface area contributed by atoms with Gasteiger partial charge in [0.25, 0.3) is 0 Å². The zero-order chi connectivity index (χ0) is 30.9. The van der Waals surface area contributed by atoms with Crippen molar-refractivity contribution in [2.75, 3.05) is 0 Å². The van der Waals surface area contributed by atoms with Gasteiger partial charge in [-0.25, -0.2) is 0 Å². The summed E-state index contributed by atoms with van der Waals surface area (Å²) in [5.41, 5.74) is -1.19. The molecule has 0 heterocycles. The zero-order valence-corrected chi connectivity index (χ0v) is 28.3. The van der Waals surface area contributed by atoms with Crippen LogP contribution in [0.1, 0.15) is 143 Å². The highest BCUT2D eigenvalue weighted by Crippen LogP contribution is 2.68. The lowest BCUT2D eigenvalue weighted by atomic mass is 9.44. The standard InChI is InChI=1S/C40H62O4/c1-35-17-19-39(43,23-25(35)5-7-27-29-9-11-33(41)37(29,3)15-13-31(27)35)21-22-40(44)20-18-36(2)26(24-40)6-8-28-30-10-12-34(42)38(30,4)16-14-32(28)36/h25-34,41-44H,5-20,23-24H2,1-4H3/t25-,26-,27+,28+,29-,30+,31+,32+,33-,34-,35-,36-,37-,38-,39+,40+/m0/s1. The van der Waals surface area contributed by atoms with Crippen LogP contribution in [0.3, 0.4) is 0 Å². The molecule has 0 aliphatic heterocycles. The molecule has 0 radical (unpaired) electrons. The van der Waals surface area contributed by atoms with Gasteiger partial charge in [-0.15, -0.1) is 0 Å². The number of hydrogen-bond acceptors (Lipinski definition) is 4. The Morgan fingerprint density at radius 3 is 1.23 bits per heavy atom. The molecule has 0 amide bonds. The molecule has 4 heteroatoms. The highest BCUT2D eigenvalue weighted by atomic mass is 16.3. The Bertz CT molecular complexity index is 1130. The van der Waals surface area contributed by atoms with Crippen LogP contribution in [0.5, 0.6) is 0 Å². The monoisotopic (exact) mass is 606 g/mol. The zero-order valence-electron chi connectivity index (χ0n) is 28.3. The van der Waals surface area contributed by atoms with Gasteiger partial charge in [0.2, 0.25) is 0 Å². The van der Waals surface area contributed by atoms with Crippen molar-refractivity contribution in [1.82, 2.24) is 0 Å². The van der Waals surface area contributed by atoms with Crippen molar-refractivity contribution in [3.8, 4) is 11.8 Å². The van der Waals surface area contributed by atoms with Crippen molar-refractivity contribution in [3.63, 3.8) is 0 Å². The predicted molar refractivity (Wildman–Crippen MR) is 173 cm³/mol. The van der Waals surface area contributed by atoms with Gasteiger partial charge in [0.1, 0.15) is 11.2 Å². The molecule has 8 saturated carbocycles. The second-order valence-corrected chi connectivity index (χ2v) is 19.3. The van der Waals surface area contributed by atoms with Crippen molar-refractivity contribution >= 4 is 0 Å². The summed E-state index contributed by atoms with van der Waals surface area (Å²) in [4.78, 5) is 0. The van der Waals surface area contributed by atoms with E-state index in [2.05, 4.69) is 39.5 Å². The van der Waals surface area contributed by atoms with Gasteiger partial charge in [0.05, 0.1) is 12.2 Å². The van der Waals surface area contributed by atoms with Crippen molar-refractivity contribution in [3.05, 3.63) is 0 Å². The normalized spacial score (nSPS) is 61.3. The van der Waals surface area contributed by atoms with Crippen LogP contribution in [0.15, 0.2) is 0 Å².